The third kappa shape index (κ3) is 1.92. The first-order chi connectivity index (χ1) is 7.13. The molecule has 1 N–H and O–H groups in total. The molecule has 1 aromatic carbocycles. The standard InChI is InChI=1S/C11H11ClO3/c1-15-9-5-7(11(13)14)4-8(12)10(9)6-2-3-6/h4-6H,2-3H2,1H3,(H,13,14). The molecule has 1 fully saturated rings. The van der Waals surface area contributed by atoms with E-state index in [1.54, 1.807) is 0 Å². The molecule has 0 aromatic heterocycles. The molecule has 0 atom stereocenters. The number of hydrogen-bond donors (Lipinski definition) is 1. The smallest absolute Gasteiger partial charge is 0.335 e. The van der Waals surface area contributed by atoms with Gasteiger partial charge in [0.15, 0.2) is 0 Å². The minimum Gasteiger partial charge on any atom is -0.496 e. The molecule has 0 amide bonds. The molecule has 80 valence electrons. The van der Waals surface area contributed by atoms with Crippen LogP contribution in [0.15, 0.2) is 12.1 Å². The van der Waals surface area contributed by atoms with Crippen molar-refractivity contribution in [1.29, 1.82) is 0 Å². The van der Waals surface area contributed by atoms with Crippen LogP contribution in [-0.2, 0) is 0 Å². The summed E-state index contributed by atoms with van der Waals surface area (Å²) in [6.45, 7) is 0. The van der Waals surface area contributed by atoms with Crippen molar-refractivity contribution in [1.82, 2.24) is 0 Å². The van der Waals surface area contributed by atoms with Crippen molar-refractivity contribution in [2.24, 2.45) is 0 Å². The van der Waals surface area contributed by atoms with E-state index in [9.17, 15) is 4.79 Å². The molecule has 4 heteroatoms. The van der Waals surface area contributed by atoms with E-state index in [-0.39, 0.29) is 5.56 Å². The number of carboxylic acid groups (broad SMARTS) is 1. The van der Waals surface area contributed by atoms with E-state index in [0.717, 1.165) is 18.4 Å². The maximum Gasteiger partial charge on any atom is 0.335 e. The molecule has 3 nitrogen and oxygen atoms in total. The van der Waals surface area contributed by atoms with Crippen molar-refractivity contribution < 1.29 is 14.6 Å². The van der Waals surface area contributed by atoms with E-state index in [4.69, 9.17) is 21.4 Å². The van der Waals surface area contributed by atoms with Crippen LogP contribution in [0.4, 0.5) is 0 Å². The first-order valence-corrected chi connectivity index (χ1v) is 5.12. The second kappa shape index (κ2) is 3.74. The number of ether oxygens (including phenoxy) is 1. The fourth-order valence-corrected chi connectivity index (χ4v) is 2.02. The fraction of sp³-hybridized carbons (Fsp3) is 0.364. The summed E-state index contributed by atoms with van der Waals surface area (Å²) < 4.78 is 5.17. The molecule has 1 aromatic rings. The van der Waals surface area contributed by atoms with Crippen LogP contribution < -0.4 is 4.74 Å². The molecule has 0 aliphatic heterocycles. The van der Waals surface area contributed by atoms with Gasteiger partial charge in [0.05, 0.1) is 12.7 Å². The van der Waals surface area contributed by atoms with E-state index in [1.165, 1.54) is 19.2 Å². The number of benzene rings is 1. The van der Waals surface area contributed by atoms with Gasteiger partial charge >= 0.3 is 5.97 Å². The Morgan fingerprint density at radius 1 is 1.53 bits per heavy atom. The Labute approximate surface area is 92.6 Å². The quantitative estimate of drug-likeness (QED) is 0.862. The van der Waals surface area contributed by atoms with Gasteiger partial charge in [-0.15, -0.1) is 0 Å². The molecule has 1 aliphatic carbocycles. The number of aromatic carboxylic acids is 1. The third-order valence-electron chi connectivity index (χ3n) is 2.54. The van der Waals surface area contributed by atoms with Crippen molar-refractivity contribution >= 4 is 17.6 Å². The largest absolute Gasteiger partial charge is 0.496 e. The van der Waals surface area contributed by atoms with Gasteiger partial charge < -0.3 is 9.84 Å². The van der Waals surface area contributed by atoms with Gasteiger partial charge in [0.25, 0.3) is 0 Å². The Hall–Kier alpha value is -1.22. The molecule has 0 saturated heterocycles. The molecule has 1 saturated carbocycles. The first kappa shape index (κ1) is 10.3. The number of hydrogen-bond acceptors (Lipinski definition) is 2. The van der Waals surface area contributed by atoms with Gasteiger partial charge in [0.1, 0.15) is 5.75 Å². The zero-order valence-corrected chi connectivity index (χ0v) is 9.04. The van der Waals surface area contributed by atoms with Gasteiger partial charge in [-0.05, 0) is 30.9 Å². The van der Waals surface area contributed by atoms with Gasteiger partial charge in [-0.25, -0.2) is 4.79 Å². The summed E-state index contributed by atoms with van der Waals surface area (Å²) in [5.41, 5.74) is 1.12. The summed E-state index contributed by atoms with van der Waals surface area (Å²) >= 11 is 6.05. The highest BCUT2D eigenvalue weighted by Gasteiger charge is 2.29. The molecule has 0 heterocycles. The van der Waals surface area contributed by atoms with E-state index in [2.05, 4.69) is 0 Å². The highest BCUT2D eigenvalue weighted by atomic mass is 35.5. The molecule has 15 heavy (non-hydrogen) atoms. The third-order valence-corrected chi connectivity index (χ3v) is 2.86. The fourth-order valence-electron chi connectivity index (χ4n) is 1.65. The van der Waals surface area contributed by atoms with E-state index in [1.807, 2.05) is 0 Å². The van der Waals surface area contributed by atoms with Crippen LogP contribution in [0, 0.1) is 0 Å². The SMILES string of the molecule is COc1cc(C(=O)O)cc(Cl)c1C1CC1. The average molecular weight is 227 g/mol. The Morgan fingerprint density at radius 2 is 2.20 bits per heavy atom. The Bertz CT molecular complexity index is 411. The Kier molecular flexibility index (Phi) is 2.57. The topological polar surface area (TPSA) is 46.5 Å². The van der Waals surface area contributed by atoms with Gasteiger partial charge in [-0.3, -0.25) is 0 Å². The maximum atomic E-state index is 10.8. The van der Waals surface area contributed by atoms with Crippen molar-refractivity contribution in [3.63, 3.8) is 0 Å². The van der Waals surface area contributed by atoms with Crippen LogP contribution in [0.5, 0.6) is 5.75 Å². The summed E-state index contributed by atoms with van der Waals surface area (Å²) in [7, 11) is 1.53. The number of rotatable bonds is 3. The number of carbonyl (C=O) groups is 1. The van der Waals surface area contributed by atoms with Gasteiger partial charge in [-0.1, -0.05) is 11.6 Å². The predicted octanol–water partition coefficient (Wildman–Crippen LogP) is 2.92. The van der Waals surface area contributed by atoms with Crippen LogP contribution in [0.2, 0.25) is 5.02 Å². The van der Waals surface area contributed by atoms with Crippen LogP contribution in [0.1, 0.15) is 34.7 Å². The highest BCUT2D eigenvalue weighted by molar-refractivity contribution is 6.32. The lowest BCUT2D eigenvalue weighted by Gasteiger charge is -2.10. The van der Waals surface area contributed by atoms with Crippen molar-refractivity contribution in [2.75, 3.05) is 7.11 Å². The van der Waals surface area contributed by atoms with Crippen molar-refractivity contribution in [3.8, 4) is 5.75 Å². The van der Waals surface area contributed by atoms with E-state index < -0.39 is 5.97 Å². The van der Waals surface area contributed by atoms with Crippen LogP contribution in [0.3, 0.4) is 0 Å². The monoisotopic (exact) mass is 226 g/mol. The number of carboxylic acids is 1. The minimum atomic E-state index is -0.988. The Balaban J connectivity index is 2.51. The first-order valence-electron chi connectivity index (χ1n) is 4.74. The zero-order chi connectivity index (χ0) is 11.0. The van der Waals surface area contributed by atoms with Crippen molar-refractivity contribution in [2.45, 2.75) is 18.8 Å². The lowest BCUT2D eigenvalue weighted by atomic mass is 10.1. The normalized spacial score (nSPS) is 15.1. The summed E-state index contributed by atoms with van der Waals surface area (Å²) in [6, 6.07) is 3.02. The molecule has 0 spiro atoms. The molecule has 1 aliphatic rings. The summed E-state index contributed by atoms with van der Waals surface area (Å²) in [6.07, 6.45) is 2.20. The van der Waals surface area contributed by atoms with Crippen LogP contribution in [0.25, 0.3) is 0 Å². The maximum absolute atomic E-state index is 10.8. The zero-order valence-electron chi connectivity index (χ0n) is 8.29. The van der Waals surface area contributed by atoms with Crippen molar-refractivity contribution in [3.05, 3.63) is 28.3 Å². The summed E-state index contributed by atoms with van der Waals surface area (Å²) in [4.78, 5) is 10.8. The van der Waals surface area contributed by atoms with Gasteiger partial charge in [0.2, 0.25) is 0 Å². The molecule has 0 radical (unpaired) electrons. The average Bonchev–Trinajstić information content (AvgIpc) is 2.99. The second-order valence-corrected chi connectivity index (χ2v) is 4.06. The lowest BCUT2D eigenvalue weighted by Crippen LogP contribution is -2.00. The van der Waals surface area contributed by atoms with E-state index >= 15 is 0 Å². The van der Waals surface area contributed by atoms with Crippen LogP contribution in [-0.4, -0.2) is 18.2 Å². The number of methoxy groups -OCH3 is 1. The van der Waals surface area contributed by atoms with Gasteiger partial charge in [0, 0.05) is 10.6 Å². The molecular weight excluding hydrogens is 216 g/mol. The summed E-state index contributed by atoms with van der Waals surface area (Å²) in [5.74, 6) is 0.0373. The molecule has 0 unspecified atom stereocenters. The summed E-state index contributed by atoms with van der Waals surface area (Å²) in [5, 5.41) is 9.35. The minimum absolute atomic E-state index is 0.168. The second-order valence-electron chi connectivity index (χ2n) is 3.65. The molecular formula is C11H11ClO3. The molecule has 2 rings (SSSR count). The lowest BCUT2D eigenvalue weighted by molar-refractivity contribution is 0.0696. The van der Waals surface area contributed by atoms with Gasteiger partial charge in [-0.2, -0.15) is 0 Å². The predicted molar refractivity (Wildman–Crippen MR) is 56.9 cm³/mol. The van der Waals surface area contributed by atoms with Crippen LogP contribution >= 0.6 is 11.6 Å². The highest BCUT2D eigenvalue weighted by Crippen LogP contribution is 2.47. The van der Waals surface area contributed by atoms with E-state index in [0.29, 0.717) is 16.7 Å². The molecule has 0 bridgehead atoms. The Morgan fingerprint density at radius 3 is 2.67 bits per heavy atom. The number of halogens is 1.